The van der Waals surface area contributed by atoms with Crippen LogP contribution in [0.1, 0.15) is 50.4 Å². The van der Waals surface area contributed by atoms with Gasteiger partial charge in [-0.2, -0.15) is 5.10 Å². The van der Waals surface area contributed by atoms with Crippen LogP contribution in [-0.2, 0) is 18.2 Å². The third-order valence-electron chi connectivity index (χ3n) is 5.86. The van der Waals surface area contributed by atoms with Crippen molar-refractivity contribution in [3.8, 4) is 0 Å². The largest absolute Gasteiger partial charge is 0.377 e. The number of nitrogens with zero attached hydrogens (tertiary/aromatic N) is 2. The monoisotopic (exact) mass is 275 g/mol. The van der Waals surface area contributed by atoms with E-state index in [0.29, 0.717) is 24.1 Å². The van der Waals surface area contributed by atoms with Crippen LogP contribution in [0.4, 0.5) is 0 Å². The van der Waals surface area contributed by atoms with E-state index in [1.807, 2.05) is 0 Å². The Kier molecular flexibility index (Phi) is 2.77. The van der Waals surface area contributed by atoms with E-state index in [2.05, 4.69) is 42.2 Å². The summed E-state index contributed by atoms with van der Waals surface area (Å²) in [6.07, 6.45) is 7.44. The third-order valence-corrected chi connectivity index (χ3v) is 5.86. The second-order valence-corrected chi connectivity index (χ2v) is 7.32. The highest BCUT2D eigenvalue weighted by atomic mass is 16.5. The molecule has 0 amide bonds. The molecule has 1 aromatic rings. The molecule has 3 aliphatic rings. The second-order valence-electron chi connectivity index (χ2n) is 7.32. The molecule has 110 valence electrons. The number of aryl methyl sites for hydroxylation is 1. The summed E-state index contributed by atoms with van der Waals surface area (Å²) < 4.78 is 7.96. The molecule has 1 aromatic heterocycles. The minimum absolute atomic E-state index is 0.265. The summed E-state index contributed by atoms with van der Waals surface area (Å²) in [5.74, 6) is 0.715. The molecule has 1 aliphatic heterocycles. The first-order valence-electron chi connectivity index (χ1n) is 7.97. The van der Waals surface area contributed by atoms with E-state index in [9.17, 15) is 0 Å². The quantitative estimate of drug-likeness (QED) is 0.899. The standard InChI is InChI=1S/C16H25N3O/c1-16(2)14(10-7-8-20-15(10)16)18-12-5-4-6-13-11(12)9-17-19(13)3/h9-10,12,14-15,18H,4-8H2,1-3H3. The average Bonchev–Trinajstić information content (AvgIpc) is 3.03. The molecule has 0 aromatic carbocycles. The summed E-state index contributed by atoms with van der Waals surface area (Å²) in [6.45, 7) is 5.65. The summed E-state index contributed by atoms with van der Waals surface area (Å²) in [7, 11) is 2.06. The number of aromatic nitrogens is 2. The molecule has 4 unspecified atom stereocenters. The summed E-state index contributed by atoms with van der Waals surface area (Å²) in [4.78, 5) is 0. The molecule has 0 spiro atoms. The Morgan fingerprint density at radius 3 is 3.10 bits per heavy atom. The van der Waals surface area contributed by atoms with Crippen molar-refractivity contribution in [3.05, 3.63) is 17.5 Å². The van der Waals surface area contributed by atoms with E-state index in [0.717, 1.165) is 6.61 Å². The maximum absolute atomic E-state index is 5.90. The summed E-state index contributed by atoms with van der Waals surface area (Å²) >= 11 is 0. The van der Waals surface area contributed by atoms with Gasteiger partial charge in [-0.15, -0.1) is 0 Å². The van der Waals surface area contributed by atoms with Crippen molar-refractivity contribution in [2.75, 3.05) is 6.61 Å². The fourth-order valence-corrected chi connectivity index (χ4v) is 4.76. The molecule has 1 saturated heterocycles. The summed E-state index contributed by atoms with van der Waals surface area (Å²) in [5.41, 5.74) is 3.11. The van der Waals surface area contributed by atoms with Crippen LogP contribution in [0.5, 0.6) is 0 Å². The van der Waals surface area contributed by atoms with Gasteiger partial charge in [0.2, 0.25) is 0 Å². The van der Waals surface area contributed by atoms with E-state index < -0.39 is 0 Å². The maximum Gasteiger partial charge on any atom is 0.0685 e. The Balaban J connectivity index is 1.56. The SMILES string of the molecule is Cn1ncc2c1CCCC2NC1C2CCOC2C1(C)C. The van der Waals surface area contributed by atoms with E-state index in [4.69, 9.17) is 4.74 Å². The first-order valence-corrected chi connectivity index (χ1v) is 7.97. The van der Waals surface area contributed by atoms with Crippen molar-refractivity contribution in [2.24, 2.45) is 18.4 Å². The third kappa shape index (κ3) is 1.64. The van der Waals surface area contributed by atoms with E-state index >= 15 is 0 Å². The van der Waals surface area contributed by atoms with Crippen LogP contribution in [0.25, 0.3) is 0 Å². The molecule has 4 nitrogen and oxygen atoms in total. The Morgan fingerprint density at radius 2 is 2.25 bits per heavy atom. The molecule has 4 heteroatoms. The number of hydrogen-bond donors (Lipinski definition) is 1. The smallest absolute Gasteiger partial charge is 0.0685 e. The predicted molar refractivity (Wildman–Crippen MR) is 77.4 cm³/mol. The van der Waals surface area contributed by atoms with Gasteiger partial charge in [-0.1, -0.05) is 13.8 Å². The van der Waals surface area contributed by atoms with Crippen LogP contribution in [0.2, 0.25) is 0 Å². The number of rotatable bonds is 2. The average molecular weight is 275 g/mol. The Morgan fingerprint density at radius 1 is 1.40 bits per heavy atom. The molecule has 1 saturated carbocycles. The van der Waals surface area contributed by atoms with Gasteiger partial charge < -0.3 is 10.1 Å². The number of hydrogen-bond acceptors (Lipinski definition) is 3. The lowest BCUT2D eigenvalue weighted by Gasteiger charge is -2.56. The predicted octanol–water partition coefficient (Wildman–Crippen LogP) is 2.20. The second kappa shape index (κ2) is 4.31. The highest BCUT2D eigenvalue weighted by Crippen LogP contribution is 2.53. The lowest BCUT2D eigenvalue weighted by atomic mass is 9.57. The highest BCUT2D eigenvalue weighted by Gasteiger charge is 2.59. The zero-order chi connectivity index (χ0) is 13.9. The highest BCUT2D eigenvalue weighted by molar-refractivity contribution is 5.26. The summed E-state index contributed by atoms with van der Waals surface area (Å²) in [5, 5.41) is 8.41. The number of nitrogens with one attached hydrogen (secondary N) is 1. The van der Waals surface area contributed by atoms with Crippen molar-refractivity contribution in [1.29, 1.82) is 0 Å². The van der Waals surface area contributed by atoms with Gasteiger partial charge in [0.1, 0.15) is 0 Å². The molecular weight excluding hydrogens is 250 g/mol. The van der Waals surface area contributed by atoms with Gasteiger partial charge in [-0.05, 0) is 25.7 Å². The lowest BCUT2D eigenvalue weighted by molar-refractivity contribution is -0.116. The van der Waals surface area contributed by atoms with Crippen molar-refractivity contribution in [3.63, 3.8) is 0 Å². The lowest BCUT2D eigenvalue weighted by Crippen LogP contribution is -2.66. The van der Waals surface area contributed by atoms with Crippen molar-refractivity contribution in [2.45, 2.75) is 57.7 Å². The zero-order valence-corrected chi connectivity index (χ0v) is 12.7. The van der Waals surface area contributed by atoms with Gasteiger partial charge in [-0.25, -0.2) is 0 Å². The van der Waals surface area contributed by atoms with Gasteiger partial charge in [-0.3, -0.25) is 4.68 Å². The van der Waals surface area contributed by atoms with Crippen molar-refractivity contribution >= 4 is 0 Å². The van der Waals surface area contributed by atoms with E-state index in [1.54, 1.807) is 0 Å². The van der Waals surface area contributed by atoms with Crippen LogP contribution >= 0.6 is 0 Å². The molecule has 2 heterocycles. The zero-order valence-electron chi connectivity index (χ0n) is 12.7. The van der Waals surface area contributed by atoms with Gasteiger partial charge in [0.05, 0.1) is 12.3 Å². The first-order chi connectivity index (χ1) is 9.59. The number of fused-ring (bicyclic) bond motifs is 2. The fourth-order valence-electron chi connectivity index (χ4n) is 4.76. The molecule has 20 heavy (non-hydrogen) atoms. The normalized spacial score (nSPS) is 38.1. The fraction of sp³-hybridized carbons (Fsp3) is 0.812. The maximum atomic E-state index is 5.90. The minimum atomic E-state index is 0.265. The summed E-state index contributed by atoms with van der Waals surface area (Å²) in [6, 6.07) is 1.07. The van der Waals surface area contributed by atoms with Crippen LogP contribution in [0, 0.1) is 11.3 Å². The molecule has 4 rings (SSSR count). The molecule has 1 N–H and O–H groups in total. The molecule has 2 aliphatic carbocycles. The van der Waals surface area contributed by atoms with E-state index in [1.165, 1.54) is 36.9 Å². The number of ether oxygens (including phenoxy) is 1. The van der Waals surface area contributed by atoms with Crippen molar-refractivity contribution in [1.82, 2.24) is 15.1 Å². The molecular formula is C16H25N3O. The van der Waals surface area contributed by atoms with Crippen LogP contribution in [0.15, 0.2) is 6.20 Å². The Bertz CT molecular complexity index is 522. The molecule has 0 bridgehead atoms. The molecule has 4 atom stereocenters. The first kappa shape index (κ1) is 12.8. The van der Waals surface area contributed by atoms with Gasteiger partial charge in [0.25, 0.3) is 0 Å². The van der Waals surface area contributed by atoms with Gasteiger partial charge in [0.15, 0.2) is 0 Å². The van der Waals surface area contributed by atoms with E-state index in [-0.39, 0.29) is 5.41 Å². The van der Waals surface area contributed by atoms with Crippen LogP contribution < -0.4 is 5.32 Å². The molecule has 0 radical (unpaired) electrons. The molecule has 2 fully saturated rings. The Hall–Kier alpha value is -0.870. The van der Waals surface area contributed by atoms with Gasteiger partial charge >= 0.3 is 0 Å². The minimum Gasteiger partial charge on any atom is -0.377 e. The van der Waals surface area contributed by atoms with Crippen molar-refractivity contribution < 1.29 is 4.74 Å². The topological polar surface area (TPSA) is 39.1 Å². The van der Waals surface area contributed by atoms with Gasteiger partial charge in [0, 0.05) is 48.3 Å². The van der Waals surface area contributed by atoms with Crippen LogP contribution in [0.3, 0.4) is 0 Å². The van der Waals surface area contributed by atoms with Crippen LogP contribution in [-0.4, -0.2) is 28.5 Å². The Labute approximate surface area is 120 Å².